The molecule has 0 bridgehead atoms. The number of methoxy groups -OCH3 is 1. The minimum atomic E-state index is -0.580. The molecule has 1 aliphatic rings. The minimum absolute atomic E-state index is 0.0977. The molecule has 0 aliphatic heterocycles. The number of hydrogen-bond donors (Lipinski definition) is 1. The highest BCUT2D eigenvalue weighted by Crippen LogP contribution is 2.26. The number of amides is 2. The first-order valence-corrected chi connectivity index (χ1v) is 12.8. The summed E-state index contributed by atoms with van der Waals surface area (Å²) in [4.78, 5) is 28.4. The van der Waals surface area contributed by atoms with Gasteiger partial charge in [-0.2, -0.15) is 0 Å². The fourth-order valence-corrected chi connectivity index (χ4v) is 4.72. The third-order valence-electron chi connectivity index (χ3n) is 6.62. The fourth-order valence-electron chi connectivity index (χ4n) is 4.61. The molecule has 1 fully saturated rings. The normalized spacial score (nSPS) is 14.8. The summed E-state index contributed by atoms with van der Waals surface area (Å²) in [7, 11) is 1.62. The van der Waals surface area contributed by atoms with Crippen LogP contribution in [0.2, 0.25) is 5.02 Å². The number of carbonyl (C=O) groups is 2. The Morgan fingerprint density at radius 3 is 2.26 bits per heavy atom. The lowest BCUT2D eigenvalue weighted by Crippen LogP contribution is -2.52. The highest BCUT2D eigenvalue weighted by Gasteiger charge is 2.30. The summed E-state index contributed by atoms with van der Waals surface area (Å²) < 4.78 is 11.1. The van der Waals surface area contributed by atoms with Crippen LogP contribution in [0.5, 0.6) is 11.5 Å². The van der Waals surface area contributed by atoms with Gasteiger partial charge in [0, 0.05) is 17.6 Å². The molecule has 6 nitrogen and oxygen atoms in total. The number of ether oxygens (including phenoxy) is 2. The summed E-state index contributed by atoms with van der Waals surface area (Å²) >= 11 is 6.27. The molecule has 1 aliphatic carbocycles. The SMILES string of the molecule is CCC(C(=O)NC1CCCCC1)N(Cc1ccc(OC)cc1)C(=O)COc1cc(C)c(Cl)c(C)c1. The molecule has 1 N–H and O–H groups in total. The molecule has 0 aromatic heterocycles. The molecule has 3 rings (SSSR count). The largest absolute Gasteiger partial charge is 0.497 e. The van der Waals surface area contributed by atoms with E-state index in [4.69, 9.17) is 21.1 Å². The first-order valence-electron chi connectivity index (χ1n) is 12.4. The fraction of sp³-hybridized carbons (Fsp3) is 0.500. The van der Waals surface area contributed by atoms with Crippen molar-refractivity contribution in [3.05, 3.63) is 58.1 Å². The molecule has 35 heavy (non-hydrogen) atoms. The van der Waals surface area contributed by atoms with Gasteiger partial charge in [0.05, 0.1) is 7.11 Å². The van der Waals surface area contributed by atoms with Gasteiger partial charge in [0.2, 0.25) is 5.91 Å². The molecular weight excluding hydrogens is 464 g/mol. The van der Waals surface area contributed by atoms with Crippen LogP contribution in [0.25, 0.3) is 0 Å². The van der Waals surface area contributed by atoms with Gasteiger partial charge in [-0.3, -0.25) is 9.59 Å². The van der Waals surface area contributed by atoms with Gasteiger partial charge in [-0.15, -0.1) is 0 Å². The molecule has 7 heteroatoms. The van der Waals surface area contributed by atoms with E-state index in [0.717, 1.165) is 48.1 Å². The standard InChI is InChI=1S/C28H37ClN2O4/c1-5-25(28(33)30-22-9-7-6-8-10-22)31(17-21-11-13-23(34-4)14-12-21)26(32)18-35-24-15-19(2)27(29)20(3)16-24/h11-16,22,25H,5-10,17-18H2,1-4H3,(H,30,33). The number of hydrogen-bond acceptors (Lipinski definition) is 4. The van der Waals surface area contributed by atoms with Crippen LogP contribution in [-0.4, -0.2) is 42.5 Å². The summed E-state index contributed by atoms with van der Waals surface area (Å²) in [6, 6.07) is 10.8. The Bertz CT molecular complexity index is 980. The zero-order valence-corrected chi connectivity index (χ0v) is 22.0. The van der Waals surface area contributed by atoms with Crippen LogP contribution in [0.4, 0.5) is 0 Å². The second kappa shape index (κ2) is 12.8. The lowest BCUT2D eigenvalue weighted by atomic mass is 9.95. The molecule has 1 saturated carbocycles. The highest BCUT2D eigenvalue weighted by atomic mass is 35.5. The predicted octanol–water partition coefficient (Wildman–Crippen LogP) is 5.60. The second-order valence-electron chi connectivity index (χ2n) is 9.30. The predicted molar refractivity (Wildman–Crippen MR) is 139 cm³/mol. The van der Waals surface area contributed by atoms with E-state index in [9.17, 15) is 9.59 Å². The van der Waals surface area contributed by atoms with Crippen LogP contribution in [0.3, 0.4) is 0 Å². The third kappa shape index (κ3) is 7.38. The van der Waals surface area contributed by atoms with Gasteiger partial charge in [-0.25, -0.2) is 0 Å². The van der Waals surface area contributed by atoms with Crippen LogP contribution in [-0.2, 0) is 16.1 Å². The Balaban J connectivity index is 1.78. The van der Waals surface area contributed by atoms with Gasteiger partial charge in [-0.1, -0.05) is 49.9 Å². The molecule has 0 spiro atoms. The first kappa shape index (κ1) is 26.9. The number of nitrogens with zero attached hydrogens (tertiary/aromatic N) is 1. The summed E-state index contributed by atoms with van der Waals surface area (Å²) in [5.74, 6) is 0.989. The van der Waals surface area contributed by atoms with Crippen molar-refractivity contribution in [1.29, 1.82) is 0 Å². The van der Waals surface area contributed by atoms with Gasteiger partial charge in [-0.05, 0) is 74.1 Å². The Kier molecular flexibility index (Phi) is 9.84. The van der Waals surface area contributed by atoms with Gasteiger partial charge < -0.3 is 19.7 Å². The molecule has 1 atom stereocenters. The Morgan fingerprint density at radius 2 is 1.69 bits per heavy atom. The van der Waals surface area contributed by atoms with Crippen LogP contribution in [0.15, 0.2) is 36.4 Å². The maximum atomic E-state index is 13.4. The quantitative estimate of drug-likeness (QED) is 0.461. The smallest absolute Gasteiger partial charge is 0.261 e. The zero-order chi connectivity index (χ0) is 25.4. The van der Waals surface area contributed by atoms with Crippen molar-refractivity contribution in [2.75, 3.05) is 13.7 Å². The van der Waals surface area contributed by atoms with E-state index < -0.39 is 6.04 Å². The van der Waals surface area contributed by atoms with Crippen molar-refractivity contribution in [3.63, 3.8) is 0 Å². The van der Waals surface area contributed by atoms with Gasteiger partial charge >= 0.3 is 0 Å². The summed E-state index contributed by atoms with van der Waals surface area (Å²) in [5, 5.41) is 3.89. The average molecular weight is 501 g/mol. The molecule has 190 valence electrons. The Hall–Kier alpha value is -2.73. The van der Waals surface area contributed by atoms with Crippen LogP contribution < -0.4 is 14.8 Å². The zero-order valence-electron chi connectivity index (χ0n) is 21.2. The number of benzene rings is 2. The van der Waals surface area contributed by atoms with Gasteiger partial charge in [0.1, 0.15) is 17.5 Å². The third-order valence-corrected chi connectivity index (χ3v) is 7.22. The van der Waals surface area contributed by atoms with E-state index >= 15 is 0 Å². The average Bonchev–Trinajstić information content (AvgIpc) is 2.86. The number of aryl methyl sites for hydroxylation is 2. The number of rotatable bonds is 10. The minimum Gasteiger partial charge on any atom is -0.497 e. The summed E-state index contributed by atoms with van der Waals surface area (Å²) in [6.07, 6.45) is 5.97. The van der Waals surface area contributed by atoms with E-state index in [-0.39, 0.29) is 24.5 Å². The number of nitrogens with one attached hydrogen (secondary N) is 1. The summed E-state index contributed by atoms with van der Waals surface area (Å²) in [5.41, 5.74) is 2.70. The summed E-state index contributed by atoms with van der Waals surface area (Å²) in [6.45, 7) is 5.89. The van der Waals surface area contributed by atoms with Crippen molar-refractivity contribution in [1.82, 2.24) is 10.2 Å². The van der Waals surface area contributed by atoms with E-state index in [0.29, 0.717) is 23.7 Å². The van der Waals surface area contributed by atoms with Crippen molar-refractivity contribution < 1.29 is 19.1 Å². The molecule has 2 aromatic carbocycles. The van der Waals surface area contributed by atoms with E-state index in [1.54, 1.807) is 12.0 Å². The van der Waals surface area contributed by atoms with Crippen LogP contribution in [0.1, 0.15) is 62.1 Å². The molecule has 2 amide bonds. The number of halogens is 1. The van der Waals surface area contributed by atoms with E-state index in [1.807, 2.05) is 57.2 Å². The van der Waals surface area contributed by atoms with Crippen molar-refractivity contribution >= 4 is 23.4 Å². The number of carbonyl (C=O) groups excluding carboxylic acids is 2. The Labute approximate surface area is 213 Å². The van der Waals surface area contributed by atoms with Crippen molar-refractivity contribution in [2.24, 2.45) is 0 Å². The van der Waals surface area contributed by atoms with Crippen molar-refractivity contribution in [3.8, 4) is 11.5 Å². The van der Waals surface area contributed by atoms with Crippen LogP contribution >= 0.6 is 11.6 Å². The van der Waals surface area contributed by atoms with E-state index in [1.165, 1.54) is 6.42 Å². The topological polar surface area (TPSA) is 67.9 Å². The van der Waals surface area contributed by atoms with Gasteiger partial charge in [0.15, 0.2) is 6.61 Å². The maximum absolute atomic E-state index is 13.4. The lowest BCUT2D eigenvalue weighted by molar-refractivity contribution is -0.143. The first-order chi connectivity index (χ1) is 16.8. The maximum Gasteiger partial charge on any atom is 0.261 e. The highest BCUT2D eigenvalue weighted by molar-refractivity contribution is 6.32. The van der Waals surface area contributed by atoms with Crippen molar-refractivity contribution in [2.45, 2.75) is 77.9 Å². The molecule has 0 radical (unpaired) electrons. The molecular formula is C28H37ClN2O4. The second-order valence-corrected chi connectivity index (χ2v) is 9.67. The van der Waals surface area contributed by atoms with Gasteiger partial charge in [0.25, 0.3) is 5.91 Å². The van der Waals surface area contributed by atoms with Crippen LogP contribution in [0, 0.1) is 13.8 Å². The lowest BCUT2D eigenvalue weighted by Gasteiger charge is -2.32. The molecule has 0 saturated heterocycles. The van der Waals surface area contributed by atoms with E-state index in [2.05, 4.69) is 5.32 Å². The molecule has 1 unspecified atom stereocenters. The monoisotopic (exact) mass is 500 g/mol. The Morgan fingerprint density at radius 1 is 1.06 bits per heavy atom. The molecule has 0 heterocycles. The molecule has 2 aromatic rings.